The van der Waals surface area contributed by atoms with E-state index in [2.05, 4.69) is 52.0 Å². The Morgan fingerprint density at radius 1 is 1.07 bits per heavy atom. The first-order valence-electron chi connectivity index (χ1n) is 5.49. The average molecular weight is 223 g/mol. The molecule has 0 aliphatic heterocycles. The van der Waals surface area contributed by atoms with Crippen LogP contribution in [0.2, 0.25) is 0 Å². The van der Waals surface area contributed by atoms with Crippen LogP contribution < -0.4 is 5.73 Å². The molecule has 0 aliphatic rings. The zero-order valence-corrected chi connectivity index (χ0v) is 10.8. The zero-order chi connectivity index (χ0) is 11.4. The lowest BCUT2D eigenvalue weighted by Gasteiger charge is -2.24. The third-order valence-corrected chi connectivity index (χ3v) is 4.26. The third-order valence-electron chi connectivity index (χ3n) is 2.47. The average Bonchev–Trinajstić information content (AvgIpc) is 2.15. The van der Waals surface area contributed by atoms with E-state index in [-0.39, 0.29) is 6.04 Å². The molecule has 0 aromatic heterocycles. The molecule has 0 radical (unpaired) electrons. The number of hydrogen-bond donors (Lipinski definition) is 1. The molecule has 0 aliphatic carbocycles. The van der Waals surface area contributed by atoms with Gasteiger partial charge in [-0.2, -0.15) is 0 Å². The van der Waals surface area contributed by atoms with E-state index < -0.39 is 0 Å². The first-order chi connectivity index (χ1) is 7.00. The molecule has 2 atom stereocenters. The summed E-state index contributed by atoms with van der Waals surface area (Å²) in [4.78, 5) is 1.32. The van der Waals surface area contributed by atoms with E-state index in [1.807, 2.05) is 11.8 Å². The van der Waals surface area contributed by atoms with Crippen LogP contribution in [0.15, 0.2) is 29.2 Å². The SMILES string of the molecule is Cc1ccc(SC(C(C)C)C(C)N)cc1. The van der Waals surface area contributed by atoms with Crippen molar-refractivity contribution >= 4 is 11.8 Å². The van der Waals surface area contributed by atoms with Gasteiger partial charge in [-0.3, -0.25) is 0 Å². The number of nitrogens with two attached hydrogens (primary N) is 1. The Kier molecular flexibility index (Phi) is 4.68. The molecule has 2 unspecified atom stereocenters. The lowest BCUT2D eigenvalue weighted by Crippen LogP contribution is -2.32. The Morgan fingerprint density at radius 3 is 2.00 bits per heavy atom. The summed E-state index contributed by atoms with van der Waals surface area (Å²) >= 11 is 1.89. The van der Waals surface area contributed by atoms with Crippen molar-refractivity contribution in [3.8, 4) is 0 Å². The monoisotopic (exact) mass is 223 g/mol. The first kappa shape index (κ1) is 12.6. The van der Waals surface area contributed by atoms with Gasteiger partial charge in [0.2, 0.25) is 0 Å². The summed E-state index contributed by atoms with van der Waals surface area (Å²) in [5, 5.41) is 0.493. The van der Waals surface area contributed by atoms with E-state index >= 15 is 0 Å². The quantitative estimate of drug-likeness (QED) is 0.791. The van der Waals surface area contributed by atoms with E-state index in [0.717, 1.165) is 0 Å². The highest BCUT2D eigenvalue weighted by Crippen LogP contribution is 2.29. The van der Waals surface area contributed by atoms with Gasteiger partial charge in [-0.25, -0.2) is 0 Å². The molecular formula is C13H21NS. The number of benzene rings is 1. The standard InChI is InChI=1S/C13H21NS/c1-9(2)13(11(4)14)15-12-7-5-10(3)6-8-12/h5-9,11,13H,14H2,1-4H3. The van der Waals surface area contributed by atoms with Gasteiger partial charge in [0.15, 0.2) is 0 Å². The highest BCUT2D eigenvalue weighted by molar-refractivity contribution is 8.00. The van der Waals surface area contributed by atoms with Gasteiger partial charge >= 0.3 is 0 Å². The first-order valence-corrected chi connectivity index (χ1v) is 6.37. The van der Waals surface area contributed by atoms with Crippen LogP contribution in [0.4, 0.5) is 0 Å². The summed E-state index contributed by atoms with van der Waals surface area (Å²) in [5.74, 6) is 0.608. The van der Waals surface area contributed by atoms with Crippen LogP contribution >= 0.6 is 11.8 Å². The van der Waals surface area contributed by atoms with Crippen LogP contribution in [0.1, 0.15) is 26.3 Å². The number of aryl methyl sites for hydroxylation is 1. The molecule has 1 nitrogen and oxygen atoms in total. The van der Waals surface area contributed by atoms with Gasteiger partial charge in [0.1, 0.15) is 0 Å². The smallest absolute Gasteiger partial charge is 0.0266 e. The molecule has 2 N–H and O–H groups in total. The Bertz CT molecular complexity index is 282. The summed E-state index contributed by atoms with van der Waals surface area (Å²) < 4.78 is 0. The fourth-order valence-corrected chi connectivity index (χ4v) is 2.72. The topological polar surface area (TPSA) is 26.0 Å². The molecule has 0 amide bonds. The van der Waals surface area contributed by atoms with Crippen LogP contribution in [0, 0.1) is 12.8 Å². The van der Waals surface area contributed by atoms with E-state index in [4.69, 9.17) is 5.73 Å². The molecular weight excluding hydrogens is 202 g/mol. The van der Waals surface area contributed by atoms with Crippen molar-refractivity contribution in [3.63, 3.8) is 0 Å². The Hall–Kier alpha value is -0.470. The van der Waals surface area contributed by atoms with Gasteiger partial charge < -0.3 is 5.73 Å². The van der Waals surface area contributed by atoms with Crippen molar-refractivity contribution in [3.05, 3.63) is 29.8 Å². The highest BCUT2D eigenvalue weighted by Gasteiger charge is 2.18. The Labute approximate surface area is 97.4 Å². The number of thioether (sulfide) groups is 1. The summed E-state index contributed by atoms with van der Waals surface area (Å²) in [6.45, 7) is 8.66. The Balaban J connectivity index is 2.70. The zero-order valence-electron chi connectivity index (χ0n) is 10.0. The summed E-state index contributed by atoms with van der Waals surface area (Å²) in [7, 11) is 0. The molecule has 0 saturated heterocycles. The molecule has 0 saturated carbocycles. The lowest BCUT2D eigenvalue weighted by atomic mass is 10.1. The number of hydrogen-bond acceptors (Lipinski definition) is 2. The molecule has 1 aromatic carbocycles. The minimum absolute atomic E-state index is 0.233. The minimum atomic E-state index is 0.233. The largest absolute Gasteiger partial charge is 0.327 e. The second-order valence-corrected chi connectivity index (χ2v) is 5.75. The maximum absolute atomic E-state index is 5.99. The maximum Gasteiger partial charge on any atom is 0.0266 e. The summed E-state index contributed by atoms with van der Waals surface area (Å²) in [6.07, 6.45) is 0. The minimum Gasteiger partial charge on any atom is -0.327 e. The molecule has 1 aromatic rings. The van der Waals surface area contributed by atoms with Gasteiger partial charge in [0.05, 0.1) is 0 Å². The van der Waals surface area contributed by atoms with Crippen LogP contribution in [0.3, 0.4) is 0 Å². The van der Waals surface area contributed by atoms with Crippen LogP contribution in [-0.2, 0) is 0 Å². The van der Waals surface area contributed by atoms with Crippen LogP contribution in [0.5, 0.6) is 0 Å². The second kappa shape index (κ2) is 5.57. The molecule has 84 valence electrons. The van der Waals surface area contributed by atoms with Gasteiger partial charge in [-0.15, -0.1) is 11.8 Å². The lowest BCUT2D eigenvalue weighted by molar-refractivity contribution is 0.537. The second-order valence-electron chi connectivity index (χ2n) is 4.50. The van der Waals surface area contributed by atoms with E-state index in [9.17, 15) is 0 Å². The fourth-order valence-electron chi connectivity index (χ4n) is 1.62. The molecule has 2 heteroatoms. The fraction of sp³-hybridized carbons (Fsp3) is 0.538. The van der Waals surface area contributed by atoms with Crippen molar-refractivity contribution in [1.82, 2.24) is 0 Å². The van der Waals surface area contributed by atoms with Crippen molar-refractivity contribution in [1.29, 1.82) is 0 Å². The maximum atomic E-state index is 5.99. The van der Waals surface area contributed by atoms with Crippen molar-refractivity contribution in [2.24, 2.45) is 11.7 Å². The normalized spacial score (nSPS) is 15.3. The van der Waals surface area contributed by atoms with Crippen LogP contribution in [-0.4, -0.2) is 11.3 Å². The molecule has 15 heavy (non-hydrogen) atoms. The van der Waals surface area contributed by atoms with Gasteiger partial charge in [0.25, 0.3) is 0 Å². The molecule has 0 fully saturated rings. The summed E-state index contributed by atoms with van der Waals surface area (Å²) in [6, 6.07) is 8.90. The van der Waals surface area contributed by atoms with Gasteiger partial charge in [-0.05, 0) is 31.9 Å². The number of rotatable bonds is 4. The predicted octanol–water partition coefficient (Wildman–Crippen LogP) is 3.46. The predicted molar refractivity (Wildman–Crippen MR) is 69.3 cm³/mol. The van der Waals surface area contributed by atoms with Crippen molar-refractivity contribution in [2.75, 3.05) is 0 Å². The Morgan fingerprint density at radius 2 is 1.60 bits per heavy atom. The van der Waals surface area contributed by atoms with E-state index in [1.165, 1.54) is 10.5 Å². The third kappa shape index (κ3) is 3.88. The molecule has 0 heterocycles. The van der Waals surface area contributed by atoms with Gasteiger partial charge in [-0.1, -0.05) is 31.5 Å². The van der Waals surface area contributed by atoms with Crippen molar-refractivity contribution in [2.45, 2.75) is 43.9 Å². The van der Waals surface area contributed by atoms with Gasteiger partial charge in [0, 0.05) is 16.2 Å². The van der Waals surface area contributed by atoms with E-state index in [1.54, 1.807) is 0 Å². The molecule has 0 bridgehead atoms. The molecule has 0 spiro atoms. The highest BCUT2D eigenvalue weighted by atomic mass is 32.2. The van der Waals surface area contributed by atoms with Crippen molar-refractivity contribution < 1.29 is 0 Å². The molecule has 1 rings (SSSR count). The van der Waals surface area contributed by atoms with E-state index in [0.29, 0.717) is 11.2 Å². The summed E-state index contributed by atoms with van der Waals surface area (Å²) in [5.41, 5.74) is 7.30. The van der Waals surface area contributed by atoms with Crippen LogP contribution in [0.25, 0.3) is 0 Å².